The number of rotatable bonds is 8. The van der Waals surface area contributed by atoms with Crippen LogP contribution in [0.3, 0.4) is 0 Å². The van der Waals surface area contributed by atoms with E-state index in [9.17, 15) is 0 Å². The largest absolute Gasteiger partial charge is 0.313 e. The van der Waals surface area contributed by atoms with Crippen molar-refractivity contribution in [3.05, 3.63) is 52.0 Å². The summed E-state index contributed by atoms with van der Waals surface area (Å²) in [5, 5.41) is 5.60. The monoisotopic (exact) mass is 289 g/mol. The molecule has 0 saturated heterocycles. The van der Waals surface area contributed by atoms with Gasteiger partial charge >= 0.3 is 0 Å². The van der Waals surface area contributed by atoms with Crippen molar-refractivity contribution in [1.82, 2.24) is 15.2 Å². The topological polar surface area (TPSA) is 28.2 Å². The SMILES string of the molecule is CCCNCc1ccccc1CN(C)Cc1cscn1. The van der Waals surface area contributed by atoms with Crippen molar-refractivity contribution in [3.8, 4) is 0 Å². The first-order chi connectivity index (χ1) is 9.79. The van der Waals surface area contributed by atoms with E-state index >= 15 is 0 Å². The highest BCUT2D eigenvalue weighted by atomic mass is 32.1. The van der Waals surface area contributed by atoms with Crippen molar-refractivity contribution in [2.24, 2.45) is 0 Å². The second-order valence-corrected chi connectivity index (χ2v) is 5.82. The summed E-state index contributed by atoms with van der Waals surface area (Å²) in [6.45, 7) is 6.08. The Hall–Kier alpha value is -1.23. The molecule has 0 atom stereocenters. The van der Waals surface area contributed by atoms with Gasteiger partial charge in [0.05, 0.1) is 11.2 Å². The molecule has 1 heterocycles. The lowest BCUT2D eigenvalue weighted by Gasteiger charge is -2.18. The number of hydrogen-bond acceptors (Lipinski definition) is 4. The third-order valence-corrected chi connectivity index (χ3v) is 3.85. The lowest BCUT2D eigenvalue weighted by Crippen LogP contribution is -2.20. The minimum atomic E-state index is 0.903. The molecule has 0 saturated carbocycles. The van der Waals surface area contributed by atoms with E-state index in [0.29, 0.717) is 0 Å². The molecular formula is C16H23N3S. The van der Waals surface area contributed by atoms with Crippen molar-refractivity contribution in [2.75, 3.05) is 13.6 Å². The van der Waals surface area contributed by atoms with E-state index in [-0.39, 0.29) is 0 Å². The van der Waals surface area contributed by atoms with Crippen LogP contribution in [0.25, 0.3) is 0 Å². The van der Waals surface area contributed by atoms with Gasteiger partial charge < -0.3 is 5.32 Å². The Morgan fingerprint density at radius 1 is 1.20 bits per heavy atom. The van der Waals surface area contributed by atoms with Crippen LogP contribution in [0.5, 0.6) is 0 Å². The number of aromatic nitrogens is 1. The molecule has 108 valence electrons. The molecule has 0 spiro atoms. The van der Waals surface area contributed by atoms with Gasteiger partial charge in [0.2, 0.25) is 0 Å². The summed E-state index contributed by atoms with van der Waals surface area (Å²) in [5.41, 5.74) is 5.84. The average Bonchev–Trinajstić information content (AvgIpc) is 2.93. The Morgan fingerprint density at radius 2 is 2.00 bits per heavy atom. The molecule has 1 N–H and O–H groups in total. The highest BCUT2D eigenvalue weighted by molar-refractivity contribution is 7.07. The predicted molar refractivity (Wildman–Crippen MR) is 85.7 cm³/mol. The van der Waals surface area contributed by atoms with Gasteiger partial charge in [-0.2, -0.15) is 0 Å². The predicted octanol–water partition coefficient (Wildman–Crippen LogP) is 3.27. The smallest absolute Gasteiger partial charge is 0.0795 e. The normalized spacial score (nSPS) is 11.2. The summed E-state index contributed by atoms with van der Waals surface area (Å²) in [4.78, 5) is 6.66. The summed E-state index contributed by atoms with van der Waals surface area (Å²) >= 11 is 1.66. The molecule has 0 fully saturated rings. The molecule has 20 heavy (non-hydrogen) atoms. The van der Waals surface area contributed by atoms with Crippen LogP contribution >= 0.6 is 11.3 Å². The van der Waals surface area contributed by atoms with Gasteiger partial charge in [-0.1, -0.05) is 31.2 Å². The van der Waals surface area contributed by atoms with E-state index in [2.05, 4.69) is 58.8 Å². The lowest BCUT2D eigenvalue weighted by atomic mass is 10.1. The molecule has 0 radical (unpaired) electrons. The molecule has 0 bridgehead atoms. The fourth-order valence-electron chi connectivity index (χ4n) is 2.22. The van der Waals surface area contributed by atoms with Crippen molar-refractivity contribution in [3.63, 3.8) is 0 Å². The fraction of sp³-hybridized carbons (Fsp3) is 0.438. The minimum absolute atomic E-state index is 0.903. The standard InChI is InChI=1S/C16H23N3S/c1-3-8-17-9-14-6-4-5-7-15(14)10-19(2)11-16-12-20-13-18-16/h4-7,12-13,17H,3,8-11H2,1-2H3. The maximum atomic E-state index is 4.35. The Kier molecular flexibility index (Phi) is 6.18. The zero-order valence-electron chi connectivity index (χ0n) is 12.3. The average molecular weight is 289 g/mol. The summed E-state index contributed by atoms with van der Waals surface area (Å²) in [6, 6.07) is 8.68. The number of nitrogens with zero attached hydrogens (tertiary/aromatic N) is 2. The third-order valence-electron chi connectivity index (χ3n) is 3.22. The van der Waals surface area contributed by atoms with E-state index in [1.165, 1.54) is 17.5 Å². The molecule has 0 aliphatic rings. The van der Waals surface area contributed by atoms with Crippen LogP contribution in [0.1, 0.15) is 30.2 Å². The molecule has 4 heteroatoms. The lowest BCUT2D eigenvalue weighted by molar-refractivity contribution is 0.314. The third kappa shape index (κ3) is 4.71. The summed E-state index contributed by atoms with van der Waals surface area (Å²) in [7, 11) is 2.15. The number of benzene rings is 1. The van der Waals surface area contributed by atoms with Gasteiger partial charge in [-0.25, -0.2) is 4.98 Å². The van der Waals surface area contributed by atoms with Gasteiger partial charge in [0.25, 0.3) is 0 Å². The maximum absolute atomic E-state index is 4.35. The van der Waals surface area contributed by atoms with Gasteiger partial charge in [0, 0.05) is 25.0 Å². The van der Waals surface area contributed by atoms with Gasteiger partial charge in [-0.05, 0) is 31.1 Å². The number of hydrogen-bond donors (Lipinski definition) is 1. The van der Waals surface area contributed by atoms with E-state index in [4.69, 9.17) is 0 Å². The van der Waals surface area contributed by atoms with Gasteiger partial charge in [-0.3, -0.25) is 4.90 Å². The fourth-order valence-corrected chi connectivity index (χ4v) is 2.77. The van der Waals surface area contributed by atoms with Crippen molar-refractivity contribution < 1.29 is 0 Å². The van der Waals surface area contributed by atoms with E-state index in [1.807, 2.05) is 5.51 Å². The quantitative estimate of drug-likeness (QED) is 0.756. The van der Waals surface area contributed by atoms with Crippen LogP contribution in [0, 0.1) is 0 Å². The molecule has 1 aromatic carbocycles. The molecule has 3 nitrogen and oxygen atoms in total. The second kappa shape index (κ2) is 8.15. The van der Waals surface area contributed by atoms with Crippen molar-refractivity contribution >= 4 is 11.3 Å². The highest BCUT2D eigenvalue weighted by Gasteiger charge is 2.06. The summed E-state index contributed by atoms with van der Waals surface area (Å²) in [5.74, 6) is 0. The Labute approximate surface area is 125 Å². The maximum Gasteiger partial charge on any atom is 0.0795 e. The molecule has 0 unspecified atom stereocenters. The molecule has 1 aromatic heterocycles. The van der Waals surface area contributed by atoms with Crippen LogP contribution in [-0.4, -0.2) is 23.5 Å². The zero-order valence-corrected chi connectivity index (χ0v) is 13.1. The molecule has 2 aromatic rings. The molecular weight excluding hydrogens is 266 g/mol. The highest BCUT2D eigenvalue weighted by Crippen LogP contribution is 2.13. The van der Waals surface area contributed by atoms with E-state index < -0.39 is 0 Å². The minimum Gasteiger partial charge on any atom is -0.313 e. The van der Waals surface area contributed by atoms with E-state index in [1.54, 1.807) is 11.3 Å². The first-order valence-corrected chi connectivity index (χ1v) is 8.07. The van der Waals surface area contributed by atoms with Gasteiger partial charge in [-0.15, -0.1) is 11.3 Å². The van der Waals surface area contributed by atoms with Crippen LogP contribution in [0.15, 0.2) is 35.2 Å². The Morgan fingerprint density at radius 3 is 2.70 bits per heavy atom. The van der Waals surface area contributed by atoms with Crippen LogP contribution in [-0.2, 0) is 19.6 Å². The van der Waals surface area contributed by atoms with Gasteiger partial charge in [0.15, 0.2) is 0 Å². The summed E-state index contributed by atoms with van der Waals surface area (Å²) < 4.78 is 0. The summed E-state index contributed by atoms with van der Waals surface area (Å²) in [6.07, 6.45) is 1.17. The molecule has 2 rings (SSSR count). The second-order valence-electron chi connectivity index (χ2n) is 5.10. The van der Waals surface area contributed by atoms with E-state index in [0.717, 1.165) is 31.9 Å². The van der Waals surface area contributed by atoms with Crippen molar-refractivity contribution in [2.45, 2.75) is 33.0 Å². The van der Waals surface area contributed by atoms with Crippen molar-refractivity contribution in [1.29, 1.82) is 0 Å². The Bertz CT molecular complexity index is 496. The first kappa shape index (κ1) is 15.2. The molecule has 0 aliphatic carbocycles. The van der Waals surface area contributed by atoms with Gasteiger partial charge in [0.1, 0.15) is 0 Å². The van der Waals surface area contributed by atoms with Crippen LogP contribution in [0.4, 0.5) is 0 Å². The molecule has 0 aliphatic heterocycles. The Balaban J connectivity index is 1.93. The van der Waals surface area contributed by atoms with Crippen LogP contribution in [0.2, 0.25) is 0 Å². The zero-order chi connectivity index (χ0) is 14.2. The molecule has 0 amide bonds. The number of nitrogens with one attached hydrogen (secondary N) is 1. The first-order valence-electron chi connectivity index (χ1n) is 7.12. The van der Waals surface area contributed by atoms with Crippen LogP contribution < -0.4 is 5.32 Å². The number of thiazole rings is 1.